The van der Waals surface area contributed by atoms with E-state index in [1.54, 1.807) is 11.3 Å². The molecule has 0 fully saturated rings. The maximum absolute atomic E-state index is 8.94. The molecule has 1 aromatic rings. The lowest BCUT2D eigenvalue weighted by Gasteiger charge is -2.10. The minimum absolute atomic E-state index is 0.463. The van der Waals surface area contributed by atoms with Crippen LogP contribution in [0.25, 0.3) is 0 Å². The third-order valence-electron chi connectivity index (χ3n) is 1.84. The van der Waals surface area contributed by atoms with Gasteiger partial charge >= 0.3 is 0 Å². The van der Waals surface area contributed by atoms with Crippen LogP contribution in [0.1, 0.15) is 23.7 Å². The lowest BCUT2D eigenvalue weighted by Crippen LogP contribution is -2.12. The van der Waals surface area contributed by atoms with Crippen molar-refractivity contribution in [1.82, 2.24) is 9.88 Å². The molecular weight excluding hydrogens is 194 g/mol. The van der Waals surface area contributed by atoms with Crippen molar-refractivity contribution in [3.63, 3.8) is 0 Å². The molecule has 0 bridgehead atoms. The van der Waals surface area contributed by atoms with Crippen molar-refractivity contribution in [3.8, 4) is 6.07 Å². The van der Waals surface area contributed by atoms with E-state index in [4.69, 9.17) is 5.26 Å². The average molecular weight is 209 g/mol. The minimum Gasteiger partial charge on any atom is -0.304 e. The van der Waals surface area contributed by atoms with Crippen LogP contribution in [0.3, 0.4) is 0 Å². The summed E-state index contributed by atoms with van der Waals surface area (Å²) in [6.07, 6.45) is 1.86. The van der Waals surface area contributed by atoms with Gasteiger partial charge in [-0.25, -0.2) is 4.98 Å². The fourth-order valence-corrected chi connectivity index (χ4v) is 2.11. The van der Waals surface area contributed by atoms with E-state index < -0.39 is 5.41 Å². The molecular formula is C10H15N3S. The number of thiazole rings is 1. The molecule has 0 unspecified atom stereocenters. The first-order valence-electron chi connectivity index (χ1n) is 4.47. The first kappa shape index (κ1) is 11.2. The van der Waals surface area contributed by atoms with Crippen molar-refractivity contribution < 1.29 is 0 Å². The molecule has 1 heterocycles. The Bertz CT molecular complexity index is 346. The molecule has 0 saturated heterocycles. The summed E-state index contributed by atoms with van der Waals surface area (Å²) >= 11 is 1.62. The molecule has 0 saturated carbocycles. The van der Waals surface area contributed by atoms with Crippen molar-refractivity contribution in [2.24, 2.45) is 0 Å². The van der Waals surface area contributed by atoms with Crippen LogP contribution < -0.4 is 0 Å². The molecule has 3 nitrogen and oxygen atoms in total. The summed E-state index contributed by atoms with van der Waals surface area (Å²) in [7, 11) is 4.05. The van der Waals surface area contributed by atoms with Gasteiger partial charge in [-0.05, 0) is 27.9 Å². The topological polar surface area (TPSA) is 39.9 Å². The molecule has 1 rings (SSSR count). The summed E-state index contributed by atoms with van der Waals surface area (Å²) in [5.74, 6) is 0. The highest BCUT2D eigenvalue weighted by molar-refractivity contribution is 7.11. The maximum Gasteiger partial charge on any atom is 0.113 e. The van der Waals surface area contributed by atoms with Crippen LogP contribution in [-0.2, 0) is 12.0 Å². The van der Waals surface area contributed by atoms with Gasteiger partial charge in [-0.2, -0.15) is 5.26 Å². The zero-order chi connectivity index (χ0) is 10.8. The van der Waals surface area contributed by atoms with Gasteiger partial charge in [0.05, 0.1) is 6.07 Å². The lowest BCUT2D eigenvalue weighted by molar-refractivity contribution is 0.406. The van der Waals surface area contributed by atoms with Crippen molar-refractivity contribution >= 4 is 11.3 Å². The molecule has 0 aliphatic rings. The summed E-state index contributed by atoms with van der Waals surface area (Å²) in [5.41, 5.74) is -0.463. The van der Waals surface area contributed by atoms with E-state index >= 15 is 0 Å². The molecule has 0 amide bonds. The molecule has 1 aromatic heterocycles. The van der Waals surface area contributed by atoms with E-state index in [-0.39, 0.29) is 0 Å². The fraction of sp³-hybridized carbons (Fsp3) is 0.600. The van der Waals surface area contributed by atoms with Gasteiger partial charge in [-0.15, -0.1) is 11.3 Å². The molecule has 0 radical (unpaired) electrons. The summed E-state index contributed by atoms with van der Waals surface area (Å²) in [5, 5.41) is 9.84. The predicted octanol–water partition coefficient (Wildman–Crippen LogP) is 2.01. The summed E-state index contributed by atoms with van der Waals surface area (Å²) in [6.45, 7) is 4.68. The van der Waals surface area contributed by atoms with Crippen LogP contribution in [-0.4, -0.2) is 24.0 Å². The molecule has 0 aliphatic heterocycles. The fourth-order valence-electron chi connectivity index (χ4n) is 1.03. The Labute approximate surface area is 89.0 Å². The number of nitrogens with zero attached hydrogens (tertiary/aromatic N) is 3. The average Bonchev–Trinajstić information content (AvgIpc) is 2.52. The molecule has 0 atom stereocenters. The van der Waals surface area contributed by atoms with Crippen molar-refractivity contribution in [2.45, 2.75) is 25.8 Å². The Morgan fingerprint density at radius 3 is 2.71 bits per heavy atom. The molecule has 76 valence electrons. The van der Waals surface area contributed by atoms with Crippen LogP contribution in [0.2, 0.25) is 0 Å². The van der Waals surface area contributed by atoms with Gasteiger partial charge in [0.2, 0.25) is 0 Å². The first-order valence-corrected chi connectivity index (χ1v) is 5.28. The highest BCUT2D eigenvalue weighted by Gasteiger charge is 2.23. The Morgan fingerprint density at radius 1 is 1.57 bits per heavy atom. The van der Waals surface area contributed by atoms with Crippen molar-refractivity contribution in [1.29, 1.82) is 5.26 Å². The van der Waals surface area contributed by atoms with Crippen LogP contribution in [0, 0.1) is 11.3 Å². The minimum atomic E-state index is -0.463. The standard InChI is InChI=1S/C10H15N3S/c1-10(2,7-11)9-12-5-8(14-9)6-13(3)4/h5H,6H2,1-4H3. The monoisotopic (exact) mass is 209 g/mol. The van der Waals surface area contributed by atoms with Crippen LogP contribution in [0.4, 0.5) is 0 Å². The van der Waals surface area contributed by atoms with E-state index in [1.807, 2.05) is 34.1 Å². The van der Waals surface area contributed by atoms with Gasteiger partial charge in [0.25, 0.3) is 0 Å². The van der Waals surface area contributed by atoms with Crippen molar-refractivity contribution in [2.75, 3.05) is 14.1 Å². The van der Waals surface area contributed by atoms with Crippen molar-refractivity contribution in [3.05, 3.63) is 16.1 Å². The maximum atomic E-state index is 8.94. The largest absolute Gasteiger partial charge is 0.304 e. The van der Waals surface area contributed by atoms with E-state index in [1.165, 1.54) is 4.88 Å². The second kappa shape index (κ2) is 4.07. The summed E-state index contributed by atoms with van der Waals surface area (Å²) < 4.78 is 0. The highest BCUT2D eigenvalue weighted by Crippen LogP contribution is 2.27. The zero-order valence-electron chi connectivity index (χ0n) is 9.03. The van der Waals surface area contributed by atoms with E-state index in [0.717, 1.165) is 11.6 Å². The normalized spacial score (nSPS) is 11.7. The SMILES string of the molecule is CN(C)Cc1cnc(C(C)(C)C#N)s1. The second-order valence-corrected chi connectivity index (χ2v) is 5.22. The third-order valence-corrected chi connectivity index (χ3v) is 3.15. The Kier molecular flexibility index (Phi) is 3.25. The second-order valence-electron chi connectivity index (χ2n) is 4.11. The van der Waals surface area contributed by atoms with Gasteiger partial charge in [0, 0.05) is 17.6 Å². The summed E-state index contributed by atoms with van der Waals surface area (Å²) in [4.78, 5) is 7.58. The Hall–Kier alpha value is -0.920. The summed E-state index contributed by atoms with van der Waals surface area (Å²) in [6, 6.07) is 2.26. The van der Waals surface area contributed by atoms with Gasteiger partial charge in [-0.1, -0.05) is 0 Å². The molecule has 0 spiro atoms. The lowest BCUT2D eigenvalue weighted by atomic mass is 9.97. The van der Waals surface area contributed by atoms with Crippen LogP contribution in [0.15, 0.2) is 6.20 Å². The van der Waals surface area contributed by atoms with E-state index in [9.17, 15) is 0 Å². The van der Waals surface area contributed by atoms with Gasteiger partial charge < -0.3 is 4.90 Å². The molecule has 0 N–H and O–H groups in total. The number of hydrogen-bond acceptors (Lipinski definition) is 4. The number of rotatable bonds is 3. The predicted molar refractivity (Wildman–Crippen MR) is 58.1 cm³/mol. The van der Waals surface area contributed by atoms with Crippen LogP contribution >= 0.6 is 11.3 Å². The molecule has 0 aliphatic carbocycles. The smallest absolute Gasteiger partial charge is 0.113 e. The number of hydrogen-bond donors (Lipinski definition) is 0. The number of aromatic nitrogens is 1. The zero-order valence-corrected chi connectivity index (χ0v) is 9.85. The highest BCUT2D eigenvalue weighted by atomic mass is 32.1. The van der Waals surface area contributed by atoms with Gasteiger partial charge in [0.1, 0.15) is 10.4 Å². The Balaban J connectivity index is 2.84. The quantitative estimate of drug-likeness (QED) is 0.764. The van der Waals surface area contributed by atoms with E-state index in [2.05, 4.69) is 16.0 Å². The van der Waals surface area contributed by atoms with Crippen LogP contribution in [0.5, 0.6) is 0 Å². The molecule has 4 heteroatoms. The van der Waals surface area contributed by atoms with E-state index in [0.29, 0.717) is 0 Å². The molecule has 14 heavy (non-hydrogen) atoms. The first-order chi connectivity index (χ1) is 6.45. The Morgan fingerprint density at radius 2 is 2.21 bits per heavy atom. The van der Waals surface area contributed by atoms with Gasteiger partial charge in [0.15, 0.2) is 0 Å². The molecule has 0 aromatic carbocycles. The third kappa shape index (κ3) is 2.53. The van der Waals surface area contributed by atoms with Gasteiger partial charge in [-0.3, -0.25) is 0 Å². The number of nitriles is 1.